The lowest BCUT2D eigenvalue weighted by Crippen LogP contribution is -2.29. The minimum Gasteiger partial charge on any atom is -0.481 e. The number of nitrogens with two attached hydrogens (primary N) is 1. The van der Waals surface area contributed by atoms with Crippen LogP contribution < -0.4 is 5.73 Å². The molecule has 3 N–H and O–H groups in total. The van der Waals surface area contributed by atoms with E-state index >= 15 is 0 Å². The quantitative estimate of drug-likeness (QED) is 0.605. The molecule has 0 aliphatic heterocycles. The molecule has 0 rings (SSSR count). The van der Waals surface area contributed by atoms with Crippen molar-refractivity contribution in [3.8, 4) is 0 Å². The highest BCUT2D eigenvalue weighted by Gasteiger charge is 2.29. The van der Waals surface area contributed by atoms with Gasteiger partial charge in [-0.15, -0.1) is 0 Å². The van der Waals surface area contributed by atoms with Gasteiger partial charge < -0.3 is 10.8 Å². The second-order valence-electron chi connectivity index (χ2n) is 3.11. The third-order valence-corrected chi connectivity index (χ3v) is 1.45. The highest BCUT2D eigenvalue weighted by molar-refractivity contribution is 5.86. The van der Waals surface area contributed by atoms with Gasteiger partial charge >= 0.3 is 5.97 Å². The molecule has 0 atom stereocenters. The van der Waals surface area contributed by atoms with Gasteiger partial charge in [0.05, 0.1) is 12.0 Å². The van der Waals surface area contributed by atoms with Crippen LogP contribution in [0.5, 0.6) is 0 Å². The first-order chi connectivity index (χ1) is 4.90. The molecule has 0 saturated carbocycles. The highest BCUT2D eigenvalue weighted by atomic mass is 16.4. The van der Waals surface area contributed by atoms with Gasteiger partial charge in [0.2, 0.25) is 0 Å². The molecule has 0 radical (unpaired) electrons. The standard InChI is InChI=1S/C7H13NO3/c1-7(2,6(10)11)3-5(9)4-8/h3-4,8H2,1-2H3,(H,10,11). The second-order valence-corrected chi connectivity index (χ2v) is 3.11. The molecule has 0 spiro atoms. The van der Waals surface area contributed by atoms with Crippen molar-refractivity contribution in [2.24, 2.45) is 11.1 Å². The van der Waals surface area contributed by atoms with Crippen molar-refractivity contribution in [3.63, 3.8) is 0 Å². The van der Waals surface area contributed by atoms with Crippen LogP contribution in [0.3, 0.4) is 0 Å². The molecule has 0 heterocycles. The van der Waals surface area contributed by atoms with Gasteiger partial charge in [-0.05, 0) is 13.8 Å². The Morgan fingerprint density at radius 1 is 1.45 bits per heavy atom. The smallest absolute Gasteiger partial charge is 0.309 e. The average Bonchev–Trinajstić information content (AvgIpc) is 1.86. The van der Waals surface area contributed by atoms with E-state index in [1.165, 1.54) is 13.8 Å². The van der Waals surface area contributed by atoms with Crippen molar-refractivity contribution in [2.45, 2.75) is 20.3 Å². The molecule has 0 unspecified atom stereocenters. The molecule has 0 bridgehead atoms. The van der Waals surface area contributed by atoms with Gasteiger partial charge in [-0.3, -0.25) is 9.59 Å². The summed E-state index contributed by atoms with van der Waals surface area (Å²) >= 11 is 0. The van der Waals surface area contributed by atoms with Crippen molar-refractivity contribution in [2.75, 3.05) is 6.54 Å². The van der Waals surface area contributed by atoms with E-state index in [2.05, 4.69) is 0 Å². The first-order valence-corrected chi connectivity index (χ1v) is 3.35. The van der Waals surface area contributed by atoms with Crippen LogP contribution in [0.2, 0.25) is 0 Å². The lowest BCUT2D eigenvalue weighted by molar-refractivity contribution is -0.149. The third kappa shape index (κ3) is 3.13. The van der Waals surface area contributed by atoms with E-state index in [9.17, 15) is 9.59 Å². The summed E-state index contributed by atoms with van der Waals surface area (Å²) in [4.78, 5) is 21.2. The molecule has 64 valence electrons. The fourth-order valence-corrected chi connectivity index (χ4v) is 0.641. The Bertz CT molecular complexity index is 175. The number of ketones is 1. The molecule has 0 saturated heterocycles. The van der Waals surface area contributed by atoms with Crippen LogP contribution in [0.1, 0.15) is 20.3 Å². The predicted octanol–water partition coefficient (Wildman–Crippen LogP) is 0.0151. The van der Waals surface area contributed by atoms with Crippen molar-refractivity contribution < 1.29 is 14.7 Å². The molecule has 0 amide bonds. The summed E-state index contributed by atoms with van der Waals surface area (Å²) in [5.41, 5.74) is 4.05. The van der Waals surface area contributed by atoms with Gasteiger partial charge in [-0.2, -0.15) is 0 Å². The SMILES string of the molecule is CC(C)(CC(=O)CN)C(=O)O. The van der Waals surface area contributed by atoms with E-state index in [0.29, 0.717) is 0 Å². The molecule has 4 nitrogen and oxygen atoms in total. The molecule has 0 aliphatic rings. The van der Waals surface area contributed by atoms with E-state index < -0.39 is 11.4 Å². The van der Waals surface area contributed by atoms with Crippen molar-refractivity contribution in [1.82, 2.24) is 0 Å². The van der Waals surface area contributed by atoms with Crippen molar-refractivity contribution >= 4 is 11.8 Å². The normalized spacial score (nSPS) is 11.2. The molecule has 0 aromatic carbocycles. The molecule has 0 aliphatic carbocycles. The van der Waals surface area contributed by atoms with Crippen LogP contribution in [-0.2, 0) is 9.59 Å². The van der Waals surface area contributed by atoms with Gasteiger partial charge in [0.1, 0.15) is 5.78 Å². The van der Waals surface area contributed by atoms with Crippen molar-refractivity contribution in [1.29, 1.82) is 0 Å². The summed E-state index contributed by atoms with van der Waals surface area (Å²) in [6.45, 7) is 2.92. The predicted molar refractivity (Wildman–Crippen MR) is 40.1 cm³/mol. The number of rotatable bonds is 4. The average molecular weight is 159 g/mol. The molecule has 0 aromatic heterocycles. The van der Waals surface area contributed by atoms with Crippen LogP contribution in [0.4, 0.5) is 0 Å². The van der Waals surface area contributed by atoms with Crippen LogP contribution >= 0.6 is 0 Å². The number of carbonyl (C=O) groups excluding carboxylic acids is 1. The zero-order chi connectivity index (χ0) is 9.07. The summed E-state index contributed by atoms with van der Waals surface area (Å²) < 4.78 is 0. The first-order valence-electron chi connectivity index (χ1n) is 3.35. The number of carboxylic acids is 1. The monoisotopic (exact) mass is 159 g/mol. The Morgan fingerprint density at radius 3 is 2.18 bits per heavy atom. The maximum absolute atomic E-state index is 10.7. The minimum atomic E-state index is -0.990. The first kappa shape index (κ1) is 10.1. The van der Waals surface area contributed by atoms with Crippen molar-refractivity contribution in [3.05, 3.63) is 0 Å². The zero-order valence-corrected chi connectivity index (χ0v) is 6.76. The summed E-state index contributed by atoms with van der Waals surface area (Å²) in [5.74, 6) is -1.20. The lowest BCUT2D eigenvalue weighted by Gasteiger charge is -2.16. The third-order valence-electron chi connectivity index (χ3n) is 1.45. The Morgan fingerprint density at radius 2 is 1.91 bits per heavy atom. The van der Waals surface area contributed by atoms with Crippen LogP contribution in [0.25, 0.3) is 0 Å². The van der Waals surface area contributed by atoms with Crippen LogP contribution in [-0.4, -0.2) is 23.4 Å². The van der Waals surface area contributed by atoms with E-state index in [0.717, 1.165) is 0 Å². The highest BCUT2D eigenvalue weighted by Crippen LogP contribution is 2.20. The fourth-order valence-electron chi connectivity index (χ4n) is 0.641. The van der Waals surface area contributed by atoms with Gasteiger partial charge in [-0.25, -0.2) is 0 Å². The molecule has 0 aromatic rings. The maximum atomic E-state index is 10.7. The van der Waals surface area contributed by atoms with E-state index in [-0.39, 0.29) is 18.7 Å². The molecular weight excluding hydrogens is 146 g/mol. The van der Waals surface area contributed by atoms with Gasteiger partial charge in [0.25, 0.3) is 0 Å². The Labute approximate surface area is 65.4 Å². The number of hydrogen-bond donors (Lipinski definition) is 2. The summed E-state index contributed by atoms with van der Waals surface area (Å²) in [5, 5.41) is 8.59. The lowest BCUT2D eigenvalue weighted by atomic mass is 9.87. The number of aliphatic carboxylic acids is 1. The molecular formula is C7H13NO3. The van der Waals surface area contributed by atoms with Gasteiger partial charge in [-0.1, -0.05) is 0 Å². The molecule has 0 fully saturated rings. The number of hydrogen-bond acceptors (Lipinski definition) is 3. The van der Waals surface area contributed by atoms with Gasteiger partial charge in [0.15, 0.2) is 0 Å². The van der Waals surface area contributed by atoms with Gasteiger partial charge in [0, 0.05) is 6.42 Å². The summed E-state index contributed by atoms with van der Waals surface area (Å²) in [6, 6.07) is 0. The number of Topliss-reactive ketones (excluding diaryl/α,β-unsaturated/α-hetero) is 1. The largest absolute Gasteiger partial charge is 0.481 e. The minimum absolute atomic E-state index is 0.00116. The summed E-state index contributed by atoms with van der Waals surface area (Å²) in [6.07, 6.45) is -0.00116. The Hall–Kier alpha value is -0.900. The number of carboxylic acid groups (broad SMARTS) is 1. The Kier molecular flexibility index (Phi) is 3.19. The van der Waals surface area contributed by atoms with E-state index in [4.69, 9.17) is 10.8 Å². The second kappa shape index (κ2) is 3.48. The Balaban J connectivity index is 4.12. The zero-order valence-electron chi connectivity index (χ0n) is 6.76. The summed E-state index contributed by atoms with van der Waals surface area (Å²) in [7, 11) is 0. The van der Waals surface area contributed by atoms with E-state index in [1.54, 1.807) is 0 Å². The molecule has 11 heavy (non-hydrogen) atoms. The maximum Gasteiger partial charge on any atom is 0.309 e. The molecule has 4 heteroatoms. The van der Waals surface area contributed by atoms with Crippen LogP contribution in [0, 0.1) is 5.41 Å². The number of carbonyl (C=O) groups is 2. The topological polar surface area (TPSA) is 80.4 Å². The van der Waals surface area contributed by atoms with E-state index in [1.807, 2.05) is 0 Å². The fraction of sp³-hybridized carbons (Fsp3) is 0.714. The van der Waals surface area contributed by atoms with Crippen LogP contribution in [0.15, 0.2) is 0 Å².